The number of para-hydroxylation sites is 2. The Bertz CT molecular complexity index is 577. The minimum absolute atomic E-state index is 0.0926. The van der Waals surface area contributed by atoms with Crippen molar-refractivity contribution < 1.29 is 4.79 Å². The van der Waals surface area contributed by atoms with Crippen LogP contribution in [-0.2, 0) is 0 Å². The fraction of sp³-hybridized carbons (Fsp3) is 0.250. The van der Waals surface area contributed by atoms with E-state index in [1.807, 2.05) is 24.3 Å². The molecule has 1 aromatic carbocycles. The van der Waals surface area contributed by atoms with E-state index in [0.717, 1.165) is 11.0 Å². The van der Waals surface area contributed by atoms with Gasteiger partial charge in [0.15, 0.2) is 0 Å². The molecule has 0 unspecified atom stereocenters. The first-order valence-corrected chi connectivity index (χ1v) is 5.51. The molecule has 0 saturated carbocycles. The number of benzene rings is 1. The SMILES string of the molecule is NC1CN(C(=O)c2cnc3ccccc3n2)C1. The second kappa shape index (κ2) is 3.78. The molecule has 1 amide bonds. The predicted octanol–water partition coefficient (Wildman–Crippen LogP) is 0.413. The van der Waals surface area contributed by atoms with Crippen LogP contribution in [-0.4, -0.2) is 39.9 Å². The number of likely N-dealkylation sites (tertiary alicyclic amines) is 1. The molecule has 0 spiro atoms. The van der Waals surface area contributed by atoms with Gasteiger partial charge in [-0.15, -0.1) is 0 Å². The van der Waals surface area contributed by atoms with Gasteiger partial charge in [-0.05, 0) is 12.1 Å². The van der Waals surface area contributed by atoms with Crippen molar-refractivity contribution in [1.29, 1.82) is 0 Å². The summed E-state index contributed by atoms with van der Waals surface area (Å²) >= 11 is 0. The second-order valence-corrected chi connectivity index (χ2v) is 4.21. The van der Waals surface area contributed by atoms with E-state index in [1.54, 1.807) is 4.90 Å². The van der Waals surface area contributed by atoms with Gasteiger partial charge in [0.1, 0.15) is 5.69 Å². The lowest BCUT2D eigenvalue weighted by Crippen LogP contribution is -2.57. The van der Waals surface area contributed by atoms with Crippen LogP contribution in [0.25, 0.3) is 11.0 Å². The molecule has 5 heteroatoms. The Labute approximate surface area is 98.3 Å². The smallest absolute Gasteiger partial charge is 0.274 e. The number of carbonyl (C=O) groups excluding carboxylic acids is 1. The normalized spacial score (nSPS) is 15.9. The van der Waals surface area contributed by atoms with Crippen molar-refractivity contribution in [1.82, 2.24) is 14.9 Å². The maximum absolute atomic E-state index is 12.0. The van der Waals surface area contributed by atoms with Crippen LogP contribution >= 0.6 is 0 Å². The minimum Gasteiger partial charge on any atom is -0.334 e. The summed E-state index contributed by atoms with van der Waals surface area (Å²) in [5.41, 5.74) is 7.56. The number of hydrogen-bond donors (Lipinski definition) is 1. The van der Waals surface area contributed by atoms with Crippen LogP contribution in [0.1, 0.15) is 10.5 Å². The lowest BCUT2D eigenvalue weighted by molar-refractivity contribution is 0.0602. The van der Waals surface area contributed by atoms with Gasteiger partial charge in [0, 0.05) is 19.1 Å². The van der Waals surface area contributed by atoms with Crippen molar-refractivity contribution in [3.63, 3.8) is 0 Å². The molecule has 0 bridgehead atoms. The molecule has 2 aromatic rings. The fourth-order valence-electron chi connectivity index (χ4n) is 1.90. The topological polar surface area (TPSA) is 72.1 Å². The third-order valence-corrected chi connectivity index (χ3v) is 2.86. The molecule has 0 atom stereocenters. The molecule has 2 heterocycles. The highest BCUT2D eigenvalue weighted by atomic mass is 16.2. The van der Waals surface area contributed by atoms with Gasteiger partial charge in [0.05, 0.1) is 17.2 Å². The Morgan fingerprint density at radius 3 is 2.71 bits per heavy atom. The van der Waals surface area contributed by atoms with Crippen LogP contribution in [0.2, 0.25) is 0 Å². The molecule has 1 fully saturated rings. The van der Waals surface area contributed by atoms with E-state index in [4.69, 9.17) is 5.73 Å². The minimum atomic E-state index is -0.0926. The Morgan fingerprint density at radius 2 is 2.00 bits per heavy atom. The standard InChI is InChI=1S/C12H12N4O/c13-8-6-16(7-8)12(17)11-5-14-9-3-1-2-4-10(9)15-11/h1-5,8H,6-7,13H2. The van der Waals surface area contributed by atoms with E-state index >= 15 is 0 Å². The molecule has 3 rings (SSSR count). The molecule has 2 N–H and O–H groups in total. The largest absolute Gasteiger partial charge is 0.334 e. The van der Waals surface area contributed by atoms with Crippen molar-refractivity contribution in [3.05, 3.63) is 36.2 Å². The van der Waals surface area contributed by atoms with E-state index in [2.05, 4.69) is 9.97 Å². The third-order valence-electron chi connectivity index (χ3n) is 2.86. The molecule has 0 radical (unpaired) electrons. The zero-order chi connectivity index (χ0) is 11.8. The zero-order valence-corrected chi connectivity index (χ0v) is 9.21. The summed E-state index contributed by atoms with van der Waals surface area (Å²) in [6.07, 6.45) is 1.52. The van der Waals surface area contributed by atoms with Crippen LogP contribution in [0.15, 0.2) is 30.5 Å². The second-order valence-electron chi connectivity index (χ2n) is 4.21. The van der Waals surface area contributed by atoms with Crippen molar-refractivity contribution >= 4 is 16.9 Å². The number of hydrogen-bond acceptors (Lipinski definition) is 4. The summed E-state index contributed by atoms with van der Waals surface area (Å²) in [6, 6.07) is 7.60. The molecular weight excluding hydrogens is 216 g/mol. The van der Waals surface area contributed by atoms with Crippen LogP contribution in [0, 0.1) is 0 Å². The lowest BCUT2D eigenvalue weighted by Gasteiger charge is -2.36. The summed E-state index contributed by atoms with van der Waals surface area (Å²) in [7, 11) is 0. The highest BCUT2D eigenvalue weighted by molar-refractivity contribution is 5.94. The van der Waals surface area contributed by atoms with Crippen molar-refractivity contribution in [2.75, 3.05) is 13.1 Å². The lowest BCUT2D eigenvalue weighted by atomic mass is 10.1. The van der Waals surface area contributed by atoms with Crippen molar-refractivity contribution in [2.24, 2.45) is 5.73 Å². The maximum atomic E-state index is 12.0. The number of fused-ring (bicyclic) bond motifs is 1. The Kier molecular flexibility index (Phi) is 2.26. The first-order valence-electron chi connectivity index (χ1n) is 5.51. The summed E-state index contributed by atoms with van der Waals surface area (Å²) < 4.78 is 0. The van der Waals surface area contributed by atoms with Crippen molar-refractivity contribution in [3.8, 4) is 0 Å². The molecule has 1 aliphatic rings. The molecule has 0 aliphatic carbocycles. The van der Waals surface area contributed by atoms with Gasteiger partial charge >= 0.3 is 0 Å². The molecule has 1 aromatic heterocycles. The van der Waals surface area contributed by atoms with Crippen LogP contribution in [0.5, 0.6) is 0 Å². The summed E-state index contributed by atoms with van der Waals surface area (Å²) in [4.78, 5) is 22.2. The number of nitrogens with two attached hydrogens (primary N) is 1. The molecule has 1 aliphatic heterocycles. The van der Waals surface area contributed by atoms with E-state index in [-0.39, 0.29) is 11.9 Å². The van der Waals surface area contributed by atoms with E-state index in [0.29, 0.717) is 18.8 Å². The molecular formula is C12H12N4O. The van der Waals surface area contributed by atoms with Crippen LogP contribution < -0.4 is 5.73 Å². The molecule has 5 nitrogen and oxygen atoms in total. The average Bonchev–Trinajstić information content (AvgIpc) is 2.33. The van der Waals surface area contributed by atoms with E-state index < -0.39 is 0 Å². The van der Waals surface area contributed by atoms with Gasteiger partial charge in [0.25, 0.3) is 5.91 Å². The van der Waals surface area contributed by atoms with Crippen LogP contribution in [0.4, 0.5) is 0 Å². The number of rotatable bonds is 1. The first-order chi connectivity index (χ1) is 8.24. The maximum Gasteiger partial charge on any atom is 0.274 e. The fourth-order valence-corrected chi connectivity index (χ4v) is 1.90. The Balaban J connectivity index is 1.92. The van der Waals surface area contributed by atoms with E-state index in [1.165, 1.54) is 6.20 Å². The number of nitrogens with zero attached hydrogens (tertiary/aromatic N) is 3. The first kappa shape index (κ1) is 10.2. The quantitative estimate of drug-likeness (QED) is 0.767. The summed E-state index contributed by atoms with van der Waals surface area (Å²) in [5, 5.41) is 0. The third kappa shape index (κ3) is 1.74. The van der Waals surface area contributed by atoms with Gasteiger partial charge in [0.2, 0.25) is 0 Å². The Hall–Kier alpha value is -2.01. The predicted molar refractivity (Wildman–Crippen MR) is 63.4 cm³/mol. The average molecular weight is 228 g/mol. The van der Waals surface area contributed by atoms with Crippen LogP contribution in [0.3, 0.4) is 0 Å². The zero-order valence-electron chi connectivity index (χ0n) is 9.21. The van der Waals surface area contributed by atoms with Gasteiger partial charge in [-0.3, -0.25) is 9.78 Å². The Morgan fingerprint density at radius 1 is 1.29 bits per heavy atom. The summed E-state index contributed by atoms with van der Waals surface area (Å²) in [5.74, 6) is -0.0926. The van der Waals surface area contributed by atoms with Crippen molar-refractivity contribution in [2.45, 2.75) is 6.04 Å². The highest BCUT2D eigenvalue weighted by Crippen LogP contribution is 2.13. The molecule has 17 heavy (non-hydrogen) atoms. The molecule has 86 valence electrons. The number of aromatic nitrogens is 2. The highest BCUT2D eigenvalue weighted by Gasteiger charge is 2.29. The summed E-state index contributed by atoms with van der Waals surface area (Å²) in [6.45, 7) is 1.21. The monoisotopic (exact) mass is 228 g/mol. The van der Waals surface area contributed by atoms with Gasteiger partial charge in [-0.1, -0.05) is 12.1 Å². The molecule has 1 saturated heterocycles. The van der Waals surface area contributed by atoms with E-state index in [9.17, 15) is 4.79 Å². The van der Waals surface area contributed by atoms with Gasteiger partial charge < -0.3 is 10.6 Å². The number of carbonyl (C=O) groups is 1. The number of amides is 1. The van der Waals surface area contributed by atoms with Gasteiger partial charge in [-0.2, -0.15) is 0 Å². The van der Waals surface area contributed by atoms with Gasteiger partial charge in [-0.25, -0.2) is 4.98 Å².